The van der Waals surface area contributed by atoms with Crippen molar-refractivity contribution < 1.29 is 0 Å². The van der Waals surface area contributed by atoms with Crippen LogP contribution in [0.1, 0.15) is 26.3 Å². The van der Waals surface area contributed by atoms with E-state index in [1.807, 2.05) is 13.8 Å². The van der Waals surface area contributed by atoms with Crippen molar-refractivity contribution in [2.45, 2.75) is 26.3 Å². The van der Waals surface area contributed by atoms with E-state index in [2.05, 4.69) is 37.7 Å². The summed E-state index contributed by atoms with van der Waals surface area (Å²) in [5, 5.41) is 10.7. The van der Waals surface area contributed by atoms with Crippen molar-refractivity contribution in [3.8, 4) is 0 Å². The molecule has 0 spiro atoms. The van der Waals surface area contributed by atoms with E-state index in [0.717, 1.165) is 31.7 Å². The summed E-state index contributed by atoms with van der Waals surface area (Å²) in [5.74, 6) is 0. The lowest BCUT2D eigenvalue weighted by Crippen LogP contribution is -2.27. The molecule has 0 amide bonds. The topological polar surface area (TPSA) is 59.0 Å². The van der Waals surface area contributed by atoms with Crippen LogP contribution in [0.3, 0.4) is 0 Å². The third-order valence-corrected chi connectivity index (χ3v) is 3.86. The minimum absolute atomic E-state index is 0.0602. The third-order valence-electron chi connectivity index (χ3n) is 3.10. The molecule has 1 aromatic rings. The summed E-state index contributed by atoms with van der Waals surface area (Å²) in [6.07, 6.45) is 4.93. The molecule has 0 radical (unpaired) electrons. The first kappa shape index (κ1) is 14.3. The van der Waals surface area contributed by atoms with Gasteiger partial charge in [0.05, 0.1) is 17.9 Å². The Labute approximate surface area is 121 Å². The summed E-state index contributed by atoms with van der Waals surface area (Å²) in [5.41, 5.74) is 2.01. The Morgan fingerprint density at radius 1 is 1.58 bits per heavy atom. The zero-order valence-electron chi connectivity index (χ0n) is 11.2. The van der Waals surface area contributed by atoms with Crippen LogP contribution < -0.4 is 16.2 Å². The average molecular weight is 327 g/mol. The second-order valence-electron chi connectivity index (χ2n) is 4.89. The Kier molecular flexibility index (Phi) is 4.76. The Balaban J connectivity index is 2.11. The van der Waals surface area contributed by atoms with Gasteiger partial charge in [-0.2, -0.15) is 5.10 Å². The van der Waals surface area contributed by atoms with Crippen LogP contribution in [0.2, 0.25) is 0 Å². The van der Waals surface area contributed by atoms with Gasteiger partial charge in [-0.25, -0.2) is 4.68 Å². The van der Waals surface area contributed by atoms with Gasteiger partial charge in [0.25, 0.3) is 5.56 Å². The van der Waals surface area contributed by atoms with Gasteiger partial charge in [0.15, 0.2) is 0 Å². The van der Waals surface area contributed by atoms with Crippen LogP contribution in [-0.2, 0) is 0 Å². The molecule has 104 valence electrons. The average Bonchev–Trinajstić information content (AvgIpc) is 2.41. The van der Waals surface area contributed by atoms with Crippen molar-refractivity contribution >= 4 is 21.6 Å². The van der Waals surface area contributed by atoms with Gasteiger partial charge >= 0.3 is 0 Å². The van der Waals surface area contributed by atoms with Crippen LogP contribution in [-0.4, -0.2) is 29.4 Å². The molecule has 2 rings (SSSR count). The highest BCUT2D eigenvalue weighted by Gasteiger charge is 2.11. The molecular formula is C13H19BrN4O. The number of aromatic nitrogens is 2. The van der Waals surface area contributed by atoms with Gasteiger partial charge in [-0.3, -0.25) is 4.79 Å². The number of hydrogen-bond donors (Lipinski definition) is 2. The minimum atomic E-state index is -0.0979. The van der Waals surface area contributed by atoms with E-state index in [0.29, 0.717) is 4.47 Å². The van der Waals surface area contributed by atoms with Crippen LogP contribution in [0.15, 0.2) is 27.1 Å². The molecule has 0 fully saturated rings. The summed E-state index contributed by atoms with van der Waals surface area (Å²) >= 11 is 3.36. The molecule has 0 unspecified atom stereocenters. The molecule has 6 heteroatoms. The second-order valence-corrected chi connectivity index (χ2v) is 5.68. The number of halogens is 1. The number of nitrogens with one attached hydrogen (secondary N) is 2. The molecule has 1 aliphatic heterocycles. The van der Waals surface area contributed by atoms with Gasteiger partial charge in [0, 0.05) is 13.1 Å². The molecule has 0 bridgehead atoms. The largest absolute Gasteiger partial charge is 0.379 e. The number of anilines is 1. The van der Waals surface area contributed by atoms with Crippen molar-refractivity contribution in [3.05, 3.63) is 32.7 Å². The summed E-state index contributed by atoms with van der Waals surface area (Å²) < 4.78 is 2.02. The molecule has 0 atom stereocenters. The minimum Gasteiger partial charge on any atom is -0.379 e. The first-order valence-corrected chi connectivity index (χ1v) is 7.28. The van der Waals surface area contributed by atoms with Crippen molar-refractivity contribution in [3.63, 3.8) is 0 Å². The maximum absolute atomic E-state index is 12.1. The lowest BCUT2D eigenvalue weighted by atomic mass is 10.1. The van der Waals surface area contributed by atoms with Gasteiger partial charge < -0.3 is 10.6 Å². The van der Waals surface area contributed by atoms with Crippen LogP contribution in [0.5, 0.6) is 0 Å². The van der Waals surface area contributed by atoms with E-state index in [4.69, 9.17) is 0 Å². The van der Waals surface area contributed by atoms with Gasteiger partial charge in [-0.05, 0) is 42.7 Å². The van der Waals surface area contributed by atoms with E-state index in [-0.39, 0.29) is 11.6 Å². The number of nitrogens with zero attached hydrogens (tertiary/aromatic N) is 2. The normalized spacial score (nSPS) is 15.5. The number of hydrogen-bond acceptors (Lipinski definition) is 4. The monoisotopic (exact) mass is 326 g/mol. The third kappa shape index (κ3) is 3.45. The van der Waals surface area contributed by atoms with E-state index >= 15 is 0 Å². The van der Waals surface area contributed by atoms with Crippen LogP contribution in [0.25, 0.3) is 0 Å². The smallest absolute Gasteiger partial charge is 0.283 e. The van der Waals surface area contributed by atoms with Gasteiger partial charge in [0.2, 0.25) is 0 Å². The first-order valence-electron chi connectivity index (χ1n) is 6.49. The lowest BCUT2D eigenvalue weighted by Gasteiger charge is -2.16. The Morgan fingerprint density at radius 3 is 3.00 bits per heavy atom. The zero-order chi connectivity index (χ0) is 13.8. The Morgan fingerprint density at radius 2 is 2.37 bits per heavy atom. The molecule has 19 heavy (non-hydrogen) atoms. The first-order chi connectivity index (χ1) is 9.09. The quantitative estimate of drug-likeness (QED) is 0.830. The fraction of sp³-hybridized carbons (Fsp3) is 0.538. The van der Waals surface area contributed by atoms with Gasteiger partial charge in [-0.1, -0.05) is 11.6 Å². The van der Waals surface area contributed by atoms with Gasteiger partial charge in [0.1, 0.15) is 4.47 Å². The van der Waals surface area contributed by atoms with Crippen molar-refractivity contribution in [1.29, 1.82) is 0 Å². The molecule has 1 aliphatic rings. The predicted octanol–water partition coefficient (Wildman–Crippen LogP) is 1.92. The molecule has 1 aromatic heterocycles. The Hall–Kier alpha value is -1.14. The summed E-state index contributed by atoms with van der Waals surface area (Å²) in [6.45, 7) is 6.57. The summed E-state index contributed by atoms with van der Waals surface area (Å²) in [6, 6.07) is 0.0602. The van der Waals surface area contributed by atoms with E-state index in [1.165, 1.54) is 10.3 Å². The molecule has 0 aromatic carbocycles. The highest BCUT2D eigenvalue weighted by Crippen LogP contribution is 2.18. The maximum atomic E-state index is 12.1. The molecule has 0 saturated heterocycles. The fourth-order valence-electron chi connectivity index (χ4n) is 1.97. The fourth-order valence-corrected chi connectivity index (χ4v) is 2.40. The van der Waals surface area contributed by atoms with Crippen molar-refractivity contribution in [2.75, 3.05) is 25.0 Å². The highest BCUT2D eigenvalue weighted by molar-refractivity contribution is 9.10. The van der Waals surface area contributed by atoms with Crippen LogP contribution in [0.4, 0.5) is 5.69 Å². The Bertz CT molecular complexity index is 536. The van der Waals surface area contributed by atoms with Crippen molar-refractivity contribution in [2.24, 2.45) is 0 Å². The molecular weight excluding hydrogens is 308 g/mol. The predicted molar refractivity (Wildman–Crippen MR) is 80.6 cm³/mol. The van der Waals surface area contributed by atoms with E-state index < -0.39 is 0 Å². The van der Waals surface area contributed by atoms with E-state index in [1.54, 1.807) is 6.20 Å². The molecule has 2 N–H and O–H groups in total. The second kappa shape index (κ2) is 6.34. The standard InChI is InChI=1S/C13H19BrN4O/c1-9(2)18-13(19)12(14)11(8-17-18)16-7-10-3-5-15-6-4-10/h3,8-9,15-16H,4-7H2,1-2H3. The molecule has 2 heterocycles. The maximum Gasteiger partial charge on any atom is 0.283 e. The highest BCUT2D eigenvalue weighted by atomic mass is 79.9. The lowest BCUT2D eigenvalue weighted by molar-refractivity contribution is 0.501. The van der Waals surface area contributed by atoms with Crippen LogP contribution >= 0.6 is 15.9 Å². The van der Waals surface area contributed by atoms with Crippen LogP contribution in [0, 0.1) is 0 Å². The van der Waals surface area contributed by atoms with Crippen molar-refractivity contribution in [1.82, 2.24) is 15.1 Å². The van der Waals surface area contributed by atoms with Gasteiger partial charge in [-0.15, -0.1) is 0 Å². The molecule has 0 aliphatic carbocycles. The summed E-state index contributed by atoms with van der Waals surface area (Å²) in [4.78, 5) is 12.1. The summed E-state index contributed by atoms with van der Waals surface area (Å²) in [7, 11) is 0. The zero-order valence-corrected chi connectivity index (χ0v) is 12.8. The molecule has 0 saturated carbocycles. The SMILES string of the molecule is CC(C)n1ncc(NCC2=CCNCC2)c(Br)c1=O. The van der Waals surface area contributed by atoms with E-state index in [9.17, 15) is 4.79 Å². The molecule has 5 nitrogen and oxygen atoms in total. The number of rotatable bonds is 4.